The third kappa shape index (κ3) is 4.04. The zero-order chi connectivity index (χ0) is 15.5. The number of halogens is 1. The van der Waals surface area contributed by atoms with E-state index in [1.165, 1.54) is 7.11 Å². The quantitative estimate of drug-likeness (QED) is 0.920. The van der Waals surface area contributed by atoms with Crippen molar-refractivity contribution in [2.75, 3.05) is 7.11 Å². The van der Waals surface area contributed by atoms with E-state index in [1.54, 1.807) is 29.1 Å². The number of aromatic nitrogens is 2. The van der Waals surface area contributed by atoms with Gasteiger partial charge in [-0.05, 0) is 32.9 Å². The second kappa shape index (κ2) is 6.26. The van der Waals surface area contributed by atoms with Crippen molar-refractivity contribution >= 4 is 0 Å². The minimum atomic E-state index is -0.328. The third-order valence-corrected chi connectivity index (χ3v) is 3.19. The molecule has 21 heavy (non-hydrogen) atoms. The molecule has 0 aliphatic rings. The van der Waals surface area contributed by atoms with Crippen LogP contribution < -0.4 is 10.1 Å². The topological polar surface area (TPSA) is 39.1 Å². The number of ether oxygens (including phenoxy) is 1. The van der Waals surface area contributed by atoms with E-state index in [1.807, 2.05) is 6.07 Å². The van der Waals surface area contributed by atoms with Crippen LogP contribution in [0.2, 0.25) is 0 Å². The van der Waals surface area contributed by atoms with Crippen molar-refractivity contribution in [2.24, 2.45) is 0 Å². The molecule has 1 aromatic heterocycles. The molecule has 0 atom stereocenters. The summed E-state index contributed by atoms with van der Waals surface area (Å²) < 4.78 is 21.0. The van der Waals surface area contributed by atoms with Crippen LogP contribution in [0.4, 0.5) is 4.39 Å². The van der Waals surface area contributed by atoms with Gasteiger partial charge in [-0.3, -0.25) is 4.68 Å². The van der Waals surface area contributed by atoms with E-state index in [2.05, 4.69) is 31.2 Å². The standard InChI is InChI=1S/C16H22FN3O/c1-16(2,3)18-10-13-8-9-19-20(13)11-12-6-5-7-14(21-4)15(12)17/h5-9,18H,10-11H2,1-4H3. The van der Waals surface area contributed by atoms with E-state index >= 15 is 0 Å². The van der Waals surface area contributed by atoms with Crippen molar-refractivity contribution in [2.45, 2.75) is 39.4 Å². The van der Waals surface area contributed by atoms with Crippen molar-refractivity contribution < 1.29 is 9.13 Å². The van der Waals surface area contributed by atoms with Crippen molar-refractivity contribution in [1.82, 2.24) is 15.1 Å². The Hall–Kier alpha value is -1.88. The SMILES string of the molecule is COc1cccc(Cn2nccc2CNC(C)(C)C)c1F. The molecule has 2 aromatic rings. The Morgan fingerprint density at radius 1 is 1.29 bits per heavy atom. The Kier molecular flexibility index (Phi) is 4.63. The van der Waals surface area contributed by atoms with E-state index < -0.39 is 0 Å². The molecular formula is C16H22FN3O. The van der Waals surface area contributed by atoms with Crippen LogP contribution in [-0.4, -0.2) is 22.4 Å². The molecule has 0 unspecified atom stereocenters. The van der Waals surface area contributed by atoms with Crippen LogP contribution in [-0.2, 0) is 13.1 Å². The number of hydrogen-bond donors (Lipinski definition) is 1. The van der Waals surface area contributed by atoms with Gasteiger partial charge in [0.2, 0.25) is 0 Å². The first-order valence-electron chi connectivity index (χ1n) is 6.98. The largest absolute Gasteiger partial charge is 0.494 e. The number of methoxy groups -OCH3 is 1. The Morgan fingerprint density at radius 2 is 2.05 bits per heavy atom. The molecule has 0 saturated heterocycles. The van der Waals surface area contributed by atoms with Gasteiger partial charge in [-0.1, -0.05) is 12.1 Å². The lowest BCUT2D eigenvalue weighted by Gasteiger charge is -2.21. The molecule has 5 heteroatoms. The smallest absolute Gasteiger partial charge is 0.170 e. The Morgan fingerprint density at radius 3 is 2.71 bits per heavy atom. The second-order valence-electron chi connectivity index (χ2n) is 6.02. The first-order valence-corrected chi connectivity index (χ1v) is 6.98. The highest BCUT2D eigenvalue weighted by Gasteiger charge is 2.13. The van der Waals surface area contributed by atoms with Crippen molar-refractivity contribution in [3.05, 3.63) is 47.5 Å². The minimum absolute atomic E-state index is 0.0241. The molecule has 0 amide bonds. The van der Waals surface area contributed by atoms with Gasteiger partial charge in [-0.15, -0.1) is 0 Å². The lowest BCUT2D eigenvalue weighted by molar-refractivity contribution is 0.382. The zero-order valence-electron chi connectivity index (χ0n) is 13.0. The first-order chi connectivity index (χ1) is 9.90. The van der Waals surface area contributed by atoms with Gasteiger partial charge in [0.25, 0.3) is 0 Å². The van der Waals surface area contributed by atoms with Gasteiger partial charge in [0.05, 0.1) is 19.3 Å². The molecule has 0 bridgehead atoms. The summed E-state index contributed by atoms with van der Waals surface area (Å²) in [6.45, 7) is 7.40. The summed E-state index contributed by atoms with van der Waals surface area (Å²) in [5.74, 6) is -0.0701. The van der Waals surface area contributed by atoms with Crippen molar-refractivity contribution in [1.29, 1.82) is 0 Å². The monoisotopic (exact) mass is 291 g/mol. The van der Waals surface area contributed by atoms with E-state index in [0.717, 1.165) is 5.69 Å². The van der Waals surface area contributed by atoms with Gasteiger partial charge >= 0.3 is 0 Å². The molecular weight excluding hydrogens is 269 g/mol. The van der Waals surface area contributed by atoms with Crippen LogP contribution in [0.3, 0.4) is 0 Å². The fraction of sp³-hybridized carbons (Fsp3) is 0.438. The van der Waals surface area contributed by atoms with E-state index in [-0.39, 0.29) is 17.1 Å². The summed E-state index contributed by atoms with van der Waals surface area (Å²) in [6.07, 6.45) is 1.73. The summed E-state index contributed by atoms with van der Waals surface area (Å²) in [5.41, 5.74) is 1.61. The first kappa shape index (κ1) is 15.5. The Bertz CT molecular complexity index is 602. The van der Waals surface area contributed by atoms with Crippen molar-refractivity contribution in [3.63, 3.8) is 0 Å². The molecule has 0 fully saturated rings. The number of hydrogen-bond acceptors (Lipinski definition) is 3. The molecule has 1 N–H and O–H groups in total. The summed E-state index contributed by atoms with van der Waals surface area (Å²) in [4.78, 5) is 0. The van der Waals surface area contributed by atoms with Gasteiger partial charge < -0.3 is 10.1 Å². The maximum Gasteiger partial charge on any atom is 0.170 e. The molecule has 114 valence electrons. The van der Waals surface area contributed by atoms with Gasteiger partial charge in [-0.2, -0.15) is 5.10 Å². The average molecular weight is 291 g/mol. The lowest BCUT2D eigenvalue weighted by Crippen LogP contribution is -2.35. The predicted molar refractivity (Wildman–Crippen MR) is 80.9 cm³/mol. The minimum Gasteiger partial charge on any atom is -0.494 e. The molecule has 1 heterocycles. The van der Waals surface area contributed by atoms with Crippen LogP contribution in [0.5, 0.6) is 5.75 Å². The molecule has 0 aliphatic carbocycles. The maximum atomic E-state index is 14.2. The highest BCUT2D eigenvalue weighted by atomic mass is 19.1. The summed E-state index contributed by atoms with van der Waals surface area (Å²) in [6, 6.07) is 7.09. The predicted octanol–water partition coefficient (Wildman–Crippen LogP) is 2.97. The van der Waals surface area contributed by atoms with Crippen LogP contribution in [0.1, 0.15) is 32.0 Å². The van der Waals surface area contributed by atoms with E-state index in [9.17, 15) is 4.39 Å². The molecule has 0 aliphatic heterocycles. The maximum absolute atomic E-state index is 14.2. The van der Waals surface area contributed by atoms with Crippen LogP contribution in [0, 0.1) is 5.82 Å². The third-order valence-electron chi connectivity index (χ3n) is 3.19. The van der Waals surface area contributed by atoms with Gasteiger partial charge in [0, 0.05) is 23.8 Å². The molecule has 0 saturated carbocycles. The molecule has 2 rings (SSSR count). The van der Waals surface area contributed by atoms with Crippen LogP contribution >= 0.6 is 0 Å². The lowest BCUT2D eigenvalue weighted by atomic mass is 10.1. The normalized spacial score (nSPS) is 11.7. The number of nitrogens with one attached hydrogen (secondary N) is 1. The second-order valence-corrected chi connectivity index (χ2v) is 6.02. The molecule has 0 spiro atoms. The summed E-state index contributed by atoms with van der Waals surface area (Å²) >= 11 is 0. The average Bonchev–Trinajstić information content (AvgIpc) is 2.85. The molecule has 1 aromatic carbocycles. The summed E-state index contributed by atoms with van der Waals surface area (Å²) in [7, 11) is 1.47. The fourth-order valence-corrected chi connectivity index (χ4v) is 2.01. The highest BCUT2D eigenvalue weighted by Crippen LogP contribution is 2.21. The Labute approximate surface area is 124 Å². The van der Waals surface area contributed by atoms with E-state index in [0.29, 0.717) is 18.7 Å². The highest BCUT2D eigenvalue weighted by molar-refractivity contribution is 5.31. The van der Waals surface area contributed by atoms with Crippen molar-refractivity contribution in [3.8, 4) is 5.75 Å². The Balaban J connectivity index is 2.16. The summed E-state index contributed by atoms with van der Waals surface area (Å²) in [5, 5.41) is 7.69. The molecule has 0 radical (unpaired) electrons. The molecule has 4 nitrogen and oxygen atoms in total. The number of rotatable bonds is 5. The number of nitrogens with zero attached hydrogens (tertiary/aromatic N) is 2. The van der Waals surface area contributed by atoms with Gasteiger partial charge in [0.1, 0.15) is 0 Å². The van der Waals surface area contributed by atoms with E-state index in [4.69, 9.17) is 4.74 Å². The zero-order valence-corrected chi connectivity index (χ0v) is 13.0. The van der Waals surface area contributed by atoms with Crippen LogP contribution in [0.15, 0.2) is 30.5 Å². The fourth-order valence-electron chi connectivity index (χ4n) is 2.01. The van der Waals surface area contributed by atoms with Crippen LogP contribution in [0.25, 0.3) is 0 Å². The van der Waals surface area contributed by atoms with Gasteiger partial charge in [0.15, 0.2) is 11.6 Å². The van der Waals surface area contributed by atoms with Gasteiger partial charge in [-0.25, -0.2) is 4.39 Å². The number of benzene rings is 1.